The van der Waals surface area contributed by atoms with Crippen LogP contribution in [0.5, 0.6) is 0 Å². The molecule has 0 N–H and O–H groups in total. The molecule has 0 unspecified atom stereocenters. The second-order valence-corrected chi connectivity index (χ2v) is 7.62. The zero-order chi connectivity index (χ0) is 18.0. The topological polar surface area (TPSA) is 52.6 Å². The molecule has 0 aromatic rings. The summed E-state index contributed by atoms with van der Waals surface area (Å²) in [6, 6.07) is 0. The SMILES string of the molecule is CCC(=O)OCC1CCC(COC(=O)CCC(C)(CC)CC)CC1. The van der Waals surface area contributed by atoms with E-state index in [-0.39, 0.29) is 17.4 Å². The lowest BCUT2D eigenvalue weighted by molar-refractivity contribution is -0.147. The predicted molar refractivity (Wildman–Crippen MR) is 95.6 cm³/mol. The van der Waals surface area contributed by atoms with Gasteiger partial charge in [-0.1, -0.05) is 40.5 Å². The van der Waals surface area contributed by atoms with Crippen LogP contribution in [0.4, 0.5) is 0 Å². The molecule has 1 fully saturated rings. The summed E-state index contributed by atoms with van der Waals surface area (Å²) >= 11 is 0. The van der Waals surface area contributed by atoms with Crippen LogP contribution in [0.25, 0.3) is 0 Å². The van der Waals surface area contributed by atoms with Crippen molar-refractivity contribution in [1.82, 2.24) is 0 Å². The maximum absolute atomic E-state index is 12.0. The van der Waals surface area contributed by atoms with Crippen molar-refractivity contribution in [1.29, 1.82) is 0 Å². The number of esters is 2. The molecular weight excluding hydrogens is 304 g/mol. The van der Waals surface area contributed by atoms with Gasteiger partial charge in [0, 0.05) is 12.8 Å². The van der Waals surface area contributed by atoms with Gasteiger partial charge in [-0.3, -0.25) is 9.59 Å². The molecule has 0 radical (unpaired) electrons. The van der Waals surface area contributed by atoms with E-state index in [0.717, 1.165) is 44.9 Å². The van der Waals surface area contributed by atoms with Crippen molar-refractivity contribution < 1.29 is 19.1 Å². The molecule has 0 aromatic carbocycles. The highest BCUT2D eigenvalue weighted by atomic mass is 16.5. The summed E-state index contributed by atoms with van der Waals surface area (Å²) in [6.45, 7) is 9.53. The predicted octanol–water partition coefficient (Wildman–Crippen LogP) is 4.90. The molecule has 0 amide bonds. The summed E-state index contributed by atoms with van der Waals surface area (Å²) in [5.74, 6) is 0.775. The molecular formula is C20H36O4. The molecule has 1 saturated carbocycles. The van der Waals surface area contributed by atoms with E-state index >= 15 is 0 Å². The van der Waals surface area contributed by atoms with Crippen LogP contribution >= 0.6 is 0 Å². The summed E-state index contributed by atoms with van der Waals surface area (Å²) in [5.41, 5.74) is 0.257. The molecule has 0 aromatic heterocycles. The number of hydrogen-bond acceptors (Lipinski definition) is 4. The van der Waals surface area contributed by atoms with E-state index in [9.17, 15) is 9.59 Å². The van der Waals surface area contributed by atoms with Gasteiger partial charge in [0.15, 0.2) is 0 Å². The fourth-order valence-electron chi connectivity index (χ4n) is 3.17. The first-order valence-electron chi connectivity index (χ1n) is 9.73. The number of carbonyl (C=O) groups is 2. The quantitative estimate of drug-likeness (QED) is 0.531. The average molecular weight is 341 g/mol. The first-order valence-corrected chi connectivity index (χ1v) is 9.73. The van der Waals surface area contributed by atoms with Crippen molar-refractivity contribution in [2.75, 3.05) is 13.2 Å². The van der Waals surface area contributed by atoms with Crippen molar-refractivity contribution in [3.8, 4) is 0 Å². The highest BCUT2D eigenvalue weighted by molar-refractivity contribution is 5.69. The van der Waals surface area contributed by atoms with Crippen LogP contribution in [0.15, 0.2) is 0 Å². The molecule has 0 spiro atoms. The second-order valence-electron chi connectivity index (χ2n) is 7.62. The molecule has 0 atom stereocenters. The van der Waals surface area contributed by atoms with E-state index in [1.165, 1.54) is 0 Å². The van der Waals surface area contributed by atoms with Crippen molar-refractivity contribution in [3.63, 3.8) is 0 Å². The maximum atomic E-state index is 12.0. The van der Waals surface area contributed by atoms with Crippen LogP contribution in [0.1, 0.15) is 85.5 Å². The maximum Gasteiger partial charge on any atom is 0.305 e. The number of carbonyl (C=O) groups excluding carboxylic acids is 2. The molecule has 4 heteroatoms. The third kappa shape index (κ3) is 7.67. The van der Waals surface area contributed by atoms with E-state index in [2.05, 4.69) is 20.8 Å². The summed E-state index contributed by atoms with van der Waals surface area (Å²) in [7, 11) is 0. The van der Waals surface area contributed by atoms with Gasteiger partial charge in [0.05, 0.1) is 13.2 Å². The number of ether oxygens (including phenoxy) is 2. The van der Waals surface area contributed by atoms with E-state index < -0.39 is 0 Å². The molecule has 0 saturated heterocycles. The summed E-state index contributed by atoms with van der Waals surface area (Å²) < 4.78 is 10.7. The van der Waals surface area contributed by atoms with Crippen molar-refractivity contribution in [2.24, 2.45) is 17.3 Å². The Labute approximate surface area is 147 Å². The van der Waals surface area contributed by atoms with Gasteiger partial charge in [0.25, 0.3) is 0 Å². The zero-order valence-corrected chi connectivity index (χ0v) is 16.1. The fourth-order valence-corrected chi connectivity index (χ4v) is 3.17. The molecule has 0 heterocycles. The Morgan fingerprint density at radius 3 is 1.75 bits per heavy atom. The fraction of sp³-hybridized carbons (Fsp3) is 0.900. The number of hydrogen-bond donors (Lipinski definition) is 0. The first kappa shape index (κ1) is 21.0. The Morgan fingerprint density at radius 1 is 0.875 bits per heavy atom. The van der Waals surface area contributed by atoms with Crippen molar-refractivity contribution in [3.05, 3.63) is 0 Å². The van der Waals surface area contributed by atoms with Gasteiger partial charge in [-0.25, -0.2) is 0 Å². The minimum atomic E-state index is -0.114. The Morgan fingerprint density at radius 2 is 1.33 bits per heavy atom. The molecule has 4 nitrogen and oxygen atoms in total. The largest absolute Gasteiger partial charge is 0.465 e. The Balaban J connectivity index is 2.16. The van der Waals surface area contributed by atoms with Gasteiger partial charge < -0.3 is 9.47 Å². The molecule has 1 rings (SSSR count). The molecule has 0 bridgehead atoms. The van der Waals surface area contributed by atoms with Crippen molar-refractivity contribution >= 4 is 11.9 Å². The van der Waals surface area contributed by atoms with Gasteiger partial charge >= 0.3 is 11.9 Å². The van der Waals surface area contributed by atoms with Crippen LogP contribution in [0.3, 0.4) is 0 Å². The smallest absolute Gasteiger partial charge is 0.305 e. The normalized spacial score (nSPS) is 21.3. The van der Waals surface area contributed by atoms with Gasteiger partial charge in [-0.05, 0) is 49.4 Å². The van der Waals surface area contributed by atoms with Crippen LogP contribution in [-0.2, 0) is 19.1 Å². The van der Waals surface area contributed by atoms with Gasteiger partial charge in [-0.15, -0.1) is 0 Å². The Hall–Kier alpha value is -1.06. The van der Waals surface area contributed by atoms with Crippen LogP contribution in [0, 0.1) is 17.3 Å². The second kappa shape index (κ2) is 10.7. The van der Waals surface area contributed by atoms with E-state index in [1.807, 2.05) is 6.92 Å². The first-order chi connectivity index (χ1) is 11.4. The highest BCUT2D eigenvalue weighted by Crippen LogP contribution is 2.32. The van der Waals surface area contributed by atoms with Gasteiger partial charge in [0.2, 0.25) is 0 Å². The van der Waals surface area contributed by atoms with Crippen molar-refractivity contribution in [2.45, 2.75) is 85.5 Å². The Kier molecular flexibility index (Phi) is 9.38. The van der Waals surface area contributed by atoms with E-state index in [4.69, 9.17) is 9.47 Å². The zero-order valence-electron chi connectivity index (χ0n) is 16.1. The van der Waals surface area contributed by atoms with Gasteiger partial charge in [0.1, 0.15) is 0 Å². The van der Waals surface area contributed by atoms with Crippen LogP contribution in [0.2, 0.25) is 0 Å². The number of rotatable bonds is 10. The summed E-state index contributed by atoms with van der Waals surface area (Å²) in [4.78, 5) is 23.2. The average Bonchev–Trinajstić information content (AvgIpc) is 2.63. The molecule has 140 valence electrons. The third-order valence-corrected chi connectivity index (χ3v) is 5.85. The van der Waals surface area contributed by atoms with E-state index in [0.29, 0.717) is 37.9 Å². The monoisotopic (exact) mass is 340 g/mol. The summed E-state index contributed by atoms with van der Waals surface area (Å²) in [6.07, 6.45) is 8.32. The standard InChI is InChI=1S/C20H36O4/c1-5-18(21)23-14-16-8-10-17(11-9-16)15-24-19(22)12-13-20(4,6-2)7-3/h16-17H,5-15H2,1-4H3. The van der Waals surface area contributed by atoms with Crippen LogP contribution in [-0.4, -0.2) is 25.2 Å². The molecule has 24 heavy (non-hydrogen) atoms. The third-order valence-electron chi connectivity index (χ3n) is 5.85. The lowest BCUT2D eigenvalue weighted by Crippen LogP contribution is -2.24. The van der Waals surface area contributed by atoms with E-state index in [1.54, 1.807) is 0 Å². The molecule has 1 aliphatic rings. The highest BCUT2D eigenvalue weighted by Gasteiger charge is 2.24. The minimum absolute atomic E-state index is 0.0536. The molecule has 0 aliphatic heterocycles. The molecule has 1 aliphatic carbocycles. The lowest BCUT2D eigenvalue weighted by atomic mass is 9.80. The van der Waals surface area contributed by atoms with Crippen LogP contribution < -0.4 is 0 Å². The van der Waals surface area contributed by atoms with Gasteiger partial charge in [-0.2, -0.15) is 0 Å². The summed E-state index contributed by atoms with van der Waals surface area (Å²) in [5, 5.41) is 0. The minimum Gasteiger partial charge on any atom is -0.465 e. The lowest BCUT2D eigenvalue weighted by Gasteiger charge is -2.28. The Bertz CT molecular complexity index is 379.